The molecule has 4 rings (SSSR count). The van der Waals surface area contributed by atoms with Crippen LogP contribution in [0.4, 0.5) is 0 Å². The van der Waals surface area contributed by atoms with E-state index >= 15 is 0 Å². The van der Waals surface area contributed by atoms with Gasteiger partial charge in [0, 0.05) is 34.4 Å². The van der Waals surface area contributed by atoms with Crippen molar-refractivity contribution in [3.8, 4) is 11.1 Å². The fourth-order valence-corrected chi connectivity index (χ4v) is 4.15. The molecule has 2 atom stereocenters. The number of hydrogen-bond acceptors (Lipinski definition) is 4. The van der Waals surface area contributed by atoms with Crippen LogP contribution in [0.15, 0.2) is 60.9 Å². The lowest BCUT2D eigenvalue weighted by molar-refractivity contribution is 0.0717. The number of halogens is 1. The Morgan fingerprint density at radius 2 is 1.87 bits per heavy atom. The molecule has 1 aliphatic rings. The summed E-state index contributed by atoms with van der Waals surface area (Å²) in [5, 5.41) is 13.8. The van der Waals surface area contributed by atoms with E-state index in [-0.39, 0.29) is 11.9 Å². The van der Waals surface area contributed by atoms with E-state index in [1.165, 1.54) is 0 Å². The number of pyridine rings is 2. The highest BCUT2D eigenvalue weighted by atomic mass is 35.5. The second-order valence-electron chi connectivity index (χ2n) is 7.98. The van der Waals surface area contributed by atoms with E-state index in [1.807, 2.05) is 48.5 Å². The van der Waals surface area contributed by atoms with Gasteiger partial charge in [0.2, 0.25) is 0 Å². The van der Waals surface area contributed by atoms with Crippen LogP contribution in [0.1, 0.15) is 47.4 Å². The standard InChI is InChI=1S/C25H26ClN3O2/c26-19-10-8-17(9-11-19)21-15-18(25(31)29-23-6-1-2-7-24(23)30)16-28-22(21)13-12-20-5-3-4-14-27-20/h3-5,8-11,14-16,23-24,30H,1-2,6-7,12-13H2,(H,29,31)/t23-,24-/m1/s1. The zero-order chi connectivity index (χ0) is 21.6. The number of hydrogen-bond donors (Lipinski definition) is 2. The van der Waals surface area contributed by atoms with Crippen molar-refractivity contribution in [3.63, 3.8) is 0 Å². The van der Waals surface area contributed by atoms with Crippen molar-refractivity contribution >= 4 is 17.5 Å². The monoisotopic (exact) mass is 435 g/mol. The second-order valence-corrected chi connectivity index (χ2v) is 8.41. The van der Waals surface area contributed by atoms with Gasteiger partial charge in [-0.2, -0.15) is 0 Å². The van der Waals surface area contributed by atoms with Gasteiger partial charge in [-0.3, -0.25) is 14.8 Å². The molecule has 2 aromatic heterocycles. The van der Waals surface area contributed by atoms with Gasteiger partial charge in [-0.05, 0) is 61.6 Å². The number of carbonyl (C=O) groups is 1. The number of aliphatic hydroxyl groups excluding tert-OH is 1. The van der Waals surface area contributed by atoms with Gasteiger partial charge in [0.05, 0.1) is 17.7 Å². The van der Waals surface area contributed by atoms with E-state index in [1.54, 1.807) is 12.4 Å². The lowest BCUT2D eigenvalue weighted by Gasteiger charge is -2.28. The van der Waals surface area contributed by atoms with Gasteiger partial charge in [0.1, 0.15) is 0 Å². The van der Waals surface area contributed by atoms with Gasteiger partial charge in [-0.15, -0.1) is 0 Å². The number of benzene rings is 1. The van der Waals surface area contributed by atoms with Gasteiger partial charge in [0.15, 0.2) is 0 Å². The molecule has 2 heterocycles. The van der Waals surface area contributed by atoms with Crippen LogP contribution in [0.5, 0.6) is 0 Å². The largest absolute Gasteiger partial charge is 0.391 e. The van der Waals surface area contributed by atoms with Crippen molar-refractivity contribution in [3.05, 3.63) is 82.9 Å². The summed E-state index contributed by atoms with van der Waals surface area (Å²) in [6, 6.07) is 15.1. The predicted molar refractivity (Wildman–Crippen MR) is 122 cm³/mol. The Labute approximate surface area is 187 Å². The Kier molecular flexibility index (Phi) is 6.95. The molecule has 0 unspecified atom stereocenters. The van der Waals surface area contributed by atoms with Gasteiger partial charge >= 0.3 is 0 Å². The minimum Gasteiger partial charge on any atom is -0.391 e. The normalized spacial score (nSPS) is 18.5. The summed E-state index contributed by atoms with van der Waals surface area (Å²) in [7, 11) is 0. The van der Waals surface area contributed by atoms with Crippen LogP contribution in [0.25, 0.3) is 11.1 Å². The SMILES string of the molecule is O=C(N[C@@H]1CCCC[C@H]1O)c1cnc(CCc2ccccn2)c(-c2ccc(Cl)cc2)c1. The Morgan fingerprint density at radius 1 is 1.06 bits per heavy atom. The molecular formula is C25H26ClN3O2. The highest BCUT2D eigenvalue weighted by molar-refractivity contribution is 6.30. The van der Waals surface area contributed by atoms with Gasteiger partial charge < -0.3 is 10.4 Å². The third kappa shape index (κ3) is 5.49. The molecule has 1 saturated carbocycles. The van der Waals surface area contributed by atoms with Crippen LogP contribution in [0.2, 0.25) is 5.02 Å². The molecule has 3 aromatic rings. The fraction of sp³-hybridized carbons (Fsp3) is 0.320. The topological polar surface area (TPSA) is 75.1 Å². The maximum Gasteiger partial charge on any atom is 0.253 e. The van der Waals surface area contributed by atoms with Crippen molar-refractivity contribution in [2.45, 2.75) is 50.7 Å². The second kappa shape index (κ2) is 10.0. The molecule has 0 saturated heterocycles. The Bertz CT molecular complexity index is 1020. The lowest BCUT2D eigenvalue weighted by Crippen LogP contribution is -2.45. The van der Waals surface area contributed by atoms with Crippen LogP contribution in [0, 0.1) is 0 Å². The zero-order valence-electron chi connectivity index (χ0n) is 17.3. The Morgan fingerprint density at radius 3 is 2.61 bits per heavy atom. The number of aliphatic hydroxyl groups is 1. The maximum absolute atomic E-state index is 12.9. The molecule has 1 aromatic carbocycles. The van der Waals surface area contributed by atoms with E-state index in [0.717, 1.165) is 54.6 Å². The summed E-state index contributed by atoms with van der Waals surface area (Å²) in [6.45, 7) is 0. The van der Waals surface area contributed by atoms with E-state index in [0.29, 0.717) is 17.0 Å². The number of aromatic nitrogens is 2. The summed E-state index contributed by atoms with van der Waals surface area (Å²) in [5.41, 5.74) is 4.26. The molecule has 5 nitrogen and oxygen atoms in total. The predicted octanol–water partition coefficient (Wildman–Crippen LogP) is 4.62. The Balaban J connectivity index is 1.59. The number of nitrogens with zero attached hydrogens (tertiary/aromatic N) is 2. The highest BCUT2D eigenvalue weighted by Gasteiger charge is 2.25. The minimum atomic E-state index is -0.487. The third-order valence-electron chi connectivity index (χ3n) is 5.78. The van der Waals surface area contributed by atoms with Crippen molar-refractivity contribution < 1.29 is 9.90 Å². The molecule has 0 aliphatic heterocycles. The first kappa shape index (κ1) is 21.5. The first-order chi connectivity index (χ1) is 15.1. The minimum absolute atomic E-state index is 0.204. The van der Waals surface area contributed by atoms with Crippen LogP contribution in [-0.2, 0) is 12.8 Å². The first-order valence-electron chi connectivity index (χ1n) is 10.7. The van der Waals surface area contributed by atoms with E-state index in [2.05, 4.69) is 15.3 Å². The van der Waals surface area contributed by atoms with Gasteiger partial charge in [0.25, 0.3) is 5.91 Å². The number of rotatable bonds is 6. The average molecular weight is 436 g/mol. The summed E-state index contributed by atoms with van der Waals surface area (Å²) >= 11 is 6.07. The van der Waals surface area contributed by atoms with Crippen molar-refractivity contribution in [1.82, 2.24) is 15.3 Å². The summed E-state index contributed by atoms with van der Waals surface area (Å²) < 4.78 is 0. The Hall–Kier alpha value is -2.76. The van der Waals surface area contributed by atoms with Gasteiger partial charge in [-0.25, -0.2) is 0 Å². The number of aryl methyl sites for hydroxylation is 2. The first-order valence-corrected chi connectivity index (χ1v) is 11.1. The van der Waals surface area contributed by atoms with Crippen LogP contribution in [0.3, 0.4) is 0 Å². The third-order valence-corrected chi connectivity index (χ3v) is 6.03. The molecule has 0 radical (unpaired) electrons. The number of nitrogens with one attached hydrogen (secondary N) is 1. The van der Waals surface area contributed by atoms with Crippen LogP contribution >= 0.6 is 11.6 Å². The molecule has 1 aliphatic carbocycles. The molecule has 1 amide bonds. The molecule has 31 heavy (non-hydrogen) atoms. The maximum atomic E-state index is 12.9. The van der Waals surface area contributed by atoms with Crippen molar-refractivity contribution in [2.24, 2.45) is 0 Å². The van der Waals surface area contributed by atoms with Crippen molar-refractivity contribution in [2.75, 3.05) is 0 Å². The smallest absolute Gasteiger partial charge is 0.253 e. The molecule has 0 bridgehead atoms. The fourth-order valence-electron chi connectivity index (χ4n) is 4.02. The molecule has 6 heteroatoms. The number of carbonyl (C=O) groups excluding carboxylic acids is 1. The van der Waals surface area contributed by atoms with E-state index in [4.69, 9.17) is 11.6 Å². The van der Waals surface area contributed by atoms with E-state index < -0.39 is 6.10 Å². The quantitative estimate of drug-likeness (QED) is 0.592. The summed E-state index contributed by atoms with van der Waals surface area (Å²) in [4.78, 5) is 21.9. The molecule has 1 fully saturated rings. The molecule has 2 N–H and O–H groups in total. The lowest BCUT2D eigenvalue weighted by atomic mass is 9.92. The van der Waals surface area contributed by atoms with Gasteiger partial charge in [-0.1, -0.05) is 42.6 Å². The highest BCUT2D eigenvalue weighted by Crippen LogP contribution is 2.27. The summed E-state index contributed by atoms with van der Waals surface area (Å²) in [5.74, 6) is -0.204. The molecular weight excluding hydrogens is 410 g/mol. The molecule has 160 valence electrons. The number of amides is 1. The van der Waals surface area contributed by atoms with E-state index in [9.17, 15) is 9.90 Å². The zero-order valence-corrected chi connectivity index (χ0v) is 18.1. The average Bonchev–Trinajstić information content (AvgIpc) is 2.80. The molecule has 0 spiro atoms. The van der Waals surface area contributed by atoms with Crippen LogP contribution < -0.4 is 5.32 Å². The van der Waals surface area contributed by atoms with Crippen molar-refractivity contribution in [1.29, 1.82) is 0 Å². The summed E-state index contributed by atoms with van der Waals surface area (Å²) in [6.07, 6.45) is 7.93. The van der Waals surface area contributed by atoms with Crippen LogP contribution in [-0.4, -0.2) is 33.1 Å².